The van der Waals surface area contributed by atoms with Gasteiger partial charge in [-0.15, -0.1) is 0 Å². The molecule has 4 aromatic rings. The SMILES string of the molecule is C1COCCN1.CCOc1ccc2c(c1)ncn2-c1ccc2cccc(N3CCC(NC(=O)OC(C)(C)C)CC3)c2n1. The molecular formula is C32H42N6O4. The average molecular weight is 575 g/mol. The predicted molar refractivity (Wildman–Crippen MR) is 166 cm³/mol. The Kier molecular flexibility index (Phi) is 9.44. The van der Waals surface area contributed by atoms with Gasteiger partial charge in [0.1, 0.15) is 23.5 Å². The Morgan fingerprint density at radius 3 is 2.55 bits per heavy atom. The van der Waals surface area contributed by atoms with Crippen molar-refractivity contribution in [3.63, 3.8) is 0 Å². The Morgan fingerprint density at radius 1 is 1.10 bits per heavy atom. The lowest BCUT2D eigenvalue weighted by Crippen LogP contribution is -2.46. The number of ether oxygens (including phenoxy) is 3. The standard InChI is InChI=1S/C28H33N5O3.C4H9NO/c1-5-35-21-10-11-23-22(17-21)29-18-33(23)25-12-9-19-7-6-8-24(26(19)31-25)32-15-13-20(14-16-32)30-27(34)36-28(2,3)4;1-3-6-4-2-5-1/h6-12,17-18,20H,5,13-16H2,1-4H3,(H,30,34);5H,1-4H2. The lowest BCUT2D eigenvalue weighted by atomic mass is 10.0. The molecule has 10 heteroatoms. The molecule has 0 saturated carbocycles. The number of carbonyl (C=O) groups excluding carboxylic acids is 1. The summed E-state index contributed by atoms with van der Waals surface area (Å²) in [6, 6.07) is 16.5. The lowest BCUT2D eigenvalue weighted by molar-refractivity contribution is 0.0497. The molecule has 224 valence electrons. The van der Waals surface area contributed by atoms with E-state index in [0.717, 1.165) is 91.4 Å². The van der Waals surface area contributed by atoms with Crippen LogP contribution < -0.4 is 20.3 Å². The van der Waals surface area contributed by atoms with Gasteiger partial charge in [0, 0.05) is 43.7 Å². The number of imidazole rings is 1. The highest BCUT2D eigenvalue weighted by atomic mass is 16.6. The van der Waals surface area contributed by atoms with E-state index in [9.17, 15) is 4.79 Å². The minimum absolute atomic E-state index is 0.105. The van der Waals surface area contributed by atoms with E-state index in [-0.39, 0.29) is 12.1 Å². The summed E-state index contributed by atoms with van der Waals surface area (Å²) >= 11 is 0. The van der Waals surface area contributed by atoms with Gasteiger partial charge in [-0.05, 0) is 70.9 Å². The minimum atomic E-state index is -0.497. The van der Waals surface area contributed by atoms with Crippen LogP contribution in [0.3, 0.4) is 0 Å². The molecule has 0 bridgehead atoms. The number of fused-ring (bicyclic) bond motifs is 2. The highest BCUT2D eigenvalue weighted by Gasteiger charge is 2.25. The van der Waals surface area contributed by atoms with Crippen LogP contribution >= 0.6 is 0 Å². The molecule has 0 unspecified atom stereocenters. The fourth-order valence-electron chi connectivity index (χ4n) is 5.20. The van der Waals surface area contributed by atoms with E-state index >= 15 is 0 Å². The molecule has 0 atom stereocenters. The van der Waals surface area contributed by atoms with Crippen LogP contribution in [0, 0.1) is 0 Å². The Balaban J connectivity index is 0.000000524. The Morgan fingerprint density at radius 2 is 1.88 bits per heavy atom. The first-order valence-electron chi connectivity index (χ1n) is 14.8. The van der Waals surface area contributed by atoms with E-state index in [1.54, 1.807) is 0 Å². The van der Waals surface area contributed by atoms with Crippen molar-refractivity contribution in [3.8, 4) is 11.6 Å². The van der Waals surface area contributed by atoms with Crippen LogP contribution in [0.1, 0.15) is 40.5 Å². The molecule has 2 aromatic heterocycles. The van der Waals surface area contributed by atoms with Crippen molar-refractivity contribution in [1.29, 1.82) is 0 Å². The molecule has 42 heavy (non-hydrogen) atoms. The van der Waals surface area contributed by atoms with Crippen LogP contribution in [0.15, 0.2) is 54.9 Å². The summed E-state index contributed by atoms with van der Waals surface area (Å²) in [6.45, 7) is 13.7. The normalized spacial score (nSPS) is 16.1. The van der Waals surface area contributed by atoms with Gasteiger partial charge in [0.15, 0.2) is 0 Å². The number of carbonyl (C=O) groups is 1. The zero-order valence-corrected chi connectivity index (χ0v) is 25.1. The topological polar surface area (TPSA) is 103 Å². The van der Waals surface area contributed by atoms with Gasteiger partial charge in [0.25, 0.3) is 0 Å². The van der Waals surface area contributed by atoms with Crippen molar-refractivity contribution in [2.24, 2.45) is 0 Å². The summed E-state index contributed by atoms with van der Waals surface area (Å²) in [5, 5.41) is 7.27. The molecule has 0 radical (unpaired) electrons. The van der Waals surface area contributed by atoms with Crippen molar-refractivity contribution in [1.82, 2.24) is 25.2 Å². The smallest absolute Gasteiger partial charge is 0.407 e. The Bertz CT molecular complexity index is 1470. The van der Waals surface area contributed by atoms with Crippen LogP contribution in [0.25, 0.3) is 27.8 Å². The van der Waals surface area contributed by atoms with Crippen molar-refractivity contribution in [2.45, 2.75) is 52.2 Å². The largest absolute Gasteiger partial charge is 0.494 e. The van der Waals surface area contributed by atoms with Crippen LogP contribution in [-0.2, 0) is 9.47 Å². The van der Waals surface area contributed by atoms with E-state index in [1.165, 1.54) is 0 Å². The Labute approximate surface area is 247 Å². The van der Waals surface area contributed by atoms with Gasteiger partial charge in [-0.2, -0.15) is 0 Å². The summed E-state index contributed by atoms with van der Waals surface area (Å²) in [5.74, 6) is 1.64. The lowest BCUT2D eigenvalue weighted by Gasteiger charge is -2.34. The van der Waals surface area contributed by atoms with E-state index in [0.29, 0.717) is 6.61 Å². The number of amides is 1. The predicted octanol–water partition coefficient (Wildman–Crippen LogP) is 5.07. The number of anilines is 1. The summed E-state index contributed by atoms with van der Waals surface area (Å²) in [4.78, 5) is 24.2. The van der Waals surface area contributed by atoms with Crippen LogP contribution in [-0.4, -0.2) is 78.3 Å². The number of para-hydroxylation sites is 1. The van der Waals surface area contributed by atoms with Gasteiger partial charge in [0.2, 0.25) is 0 Å². The first kappa shape index (κ1) is 29.6. The van der Waals surface area contributed by atoms with Crippen molar-refractivity contribution in [3.05, 3.63) is 54.9 Å². The monoisotopic (exact) mass is 574 g/mol. The third-order valence-electron chi connectivity index (χ3n) is 7.16. The maximum absolute atomic E-state index is 12.2. The van der Waals surface area contributed by atoms with E-state index in [2.05, 4.69) is 44.8 Å². The first-order chi connectivity index (χ1) is 20.3. The van der Waals surface area contributed by atoms with Gasteiger partial charge >= 0.3 is 6.09 Å². The molecule has 0 spiro atoms. The minimum Gasteiger partial charge on any atom is -0.494 e. The third-order valence-corrected chi connectivity index (χ3v) is 7.16. The molecule has 4 heterocycles. The van der Waals surface area contributed by atoms with Crippen molar-refractivity contribution >= 4 is 33.7 Å². The molecule has 2 aliphatic rings. The van der Waals surface area contributed by atoms with Crippen LogP contribution in [0.5, 0.6) is 5.75 Å². The second-order valence-electron chi connectivity index (χ2n) is 11.5. The molecule has 1 amide bonds. The third kappa shape index (κ3) is 7.49. The number of pyridine rings is 1. The second kappa shape index (κ2) is 13.4. The van der Waals surface area contributed by atoms with E-state index in [4.69, 9.17) is 19.2 Å². The second-order valence-corrected chi connectivity index (χ2v) is 11.5. The molecule has 2 aliphatic heterocycles. The number of nitrogens with one attached hydrogen (secondary N) is 2. The maximum atomic E-state index is 12.2. The zero-order chi connectivity index (χ0) is 29.5. The van der Waals surface area contributed by atoms with Gasteiger partial charge < -0.3 is 29.7 Å². The highest BCUT2D eigenvalue weighted by molar-refractivity contribution is 5.92. The number of hydrogen-bond acceptors (Lipinski definition) is 8. The number of alkyl carbamates (subject to hydrolysis) is 1. The summed E-state index contributed by atoms with van der Waals surface area (Å²) in [6.07, 6.45) is 3.16. The summed E-state index contributed by atoms with van der Waals surface area (Å²) in [5.41, 5.74) is 3.42. The Hall–Kier alpha value is -3.89. The van der Waals surface area contributed by atoms with Crippen molar-refractivity contribution < 1.29 is 19.0 Å². The van der Waals surface area contributed by atoms with Crippen molar-refractivity contribution in [2.75, 3.05) is 50.9 Å². The molecule has 10 nitrogen and oxygen atoms in total. The number of aromatic nitrogens is 3. The van der Waals surface area contributed by atoms with Gasteiger partial charge in [0.05, 0.1) is 42.1 Å². The maximum Gasteiger partial charge on any atom is 0.407 e. The molecule has 0 aliphatic carbocycles. The number of nitrogens with zero attached hydrogens (tertiary/aromatic N) is 4. The molecular weight excluding hydrogens is 532 g/mol. The summed E-state index contributed by atoms with van der Waals surface area (Å²) in [7, 11) is 0. The number of benzene rings is 2. The number of hydrogen-bond donors (Lipinski definition) is 2. The number of morpholine rings is 1. The van der Waals surface area contributed by atoms with Gasteiger partial charge in [-0.25, -0.2) is 14.8 Å². The zero-order valence-electron chi connectivity index (χ0n) is 25.1. The molecule has 2 N–H and O–H groups in total. The van der Waals surface area contributed by atoms with Gasteiger partial charge in [-0.3, -0.25) is 4.57 Å². The molecule has 2 saturated heterocycles. The average Bonchev–Trinajstić information content (AvgIpc) is 3.41. The highest BCUT2D eigenvalue weighted by Crippen LogP contribution is 2.30. The van der Waals surface area contributed by atoms with Crippen LogP contribution in [0.2, 0.25) is 0 Å². The van der Waals surface area contributed by atoms with Gasteiger partial charge in [-0.1, -0.05) is 12.1 Å². The first-order valence-corrected chi connectivity index (χ1v) is 14.8. The van der Waals surface area contributed by atoms with E-state index < -0.39 is 5.60 Å². The number of rotatable bonds is 5. The number of piperidine rings is 1. The fourth-order valence-corrected chi connectivity index (χ4v) is 5.20. The molecule has 6 rings (SSSR count). The molecule has 2 fully saturated rings. The quantitative estimate of drug-likeness (QED) is 0.341. The van der Waals surface area contributed by atoms with E-state index in [1.807, 2.05) is 62.9 Å². The van der Waals surface area contributed by atoms with Crippen LogP contribution in [0.4, 0.5) is 10.5 Å². The summed E-state index contributed by atoms with van der Waals surface area (Å²) < 4.78 is 18.1. The fraction of sp³-hybridized carbons (Fsp3) is 0.469. The molecule has 2 aromatic carbocycles.